The van der Waals surface area contributed by atoms with E-state index >= 15 is 0 Å². The zero-order valence-electron chi connectivity index (χ0n) is 15.0. The summed E-state index contributed by atoms with van der Waals surface area (Å²) in [4.78, 5) is 0. The van der Waals surface area contributed by atoms with Crippen LogP contribution in [0, 0.1) is 13.8 Å². The largest absolute Gasteiger partial charge is 0.493 e. The van der Waals surface area contributed by atoms with Crippen molar-refractivity contribution in [2.45, 2.75) is 27.3 Å². The molecule has 0 aliphatic rings. The molecule has 0 bridgehead atoms. The summed E-state index contributed by atoms with van der Waals surface area (Å²) in [5.41, 5.74) is 3.57. The molecule has 24 heavy (non-hydrogen) atoms. The van der Waals surface area contributed by atoms with Gasteiger partial charge in [-0.05, 0) is 61.3 Å². The molecule has 2 aromatic carbocycles. The van der Waals surface area contributed by atoms with Crippen molar-refractivity contribution in [1.82, 2.24) is 5.32 Å². The van der Waals surface area contributed by atoms with Gasteiger partial charge < -0.3 is 19.5 Å². The lowest BCUT2D eigenvalue weighted by Crippen LogP contribution is -2.12. The summed E-state index contributed by atoms with van der Waals surface area (Å²) in [5.74, 6) is 2.36. The number of methoxy groups -OCH3 is 1. The molecule has 2 rings (SSSR count). The molecule has 1 N–H and O–H groups in total. The van der Waals surface area contributed by atoms with Crippen molar-refractivity contribution in [3.63, 3.8) is 0 Å². The van der Waals surface area contributed by atoms with Gasteiger partial charge in [0.2, 0.25) is 0 Å². The topological polar surface area (TPSA) is 39.7 Å². The van der Waals surface area contributed by atoms with Gasteiger partial charge >= 0.3 is 0 Å². The standard InChI is InChI=1S/C20H27NO3/c1-5-21-14-17-6-7-19(20(13-17)22-4)24-9-8-23-18-11-15(2)10-16(3)12-18/h6-7,10-13,21H,5,8-9,14H2,1-4H3. The Morgan fingerprint density at radius 3 is 2.25 bits per heavy atom. The van der Waals surface area contributed by atoms with Gasteiger partial charge in [-0.15, -0.1) is 0 Å². The highest BCUT2D eigenvalue weighted by Gasteiger charge is 2.06. The first kappa shape index (κ1) is 18.1. The van der Waals surface area contributed by atoms with Gasteiger partial charge in [0.05, 0.1) is 7.11 Å². The smallest absolute Gasteiger partial charge is 0.161 e. The van der Waals surface area contributed by atoms with Crippen LogP contribution in [-0.2, 0) is 6.54 Å². The minimum atomic E-state index is 0.468. The Morgan fingerprint density at radius 1 is 0.875 bits per heavy atom. The Labute approximate surface area is 144 Å². The lowest BCUT2D eigenvalue weighted by atomic mass is 10.1. The summed E-state index contributed by atoms with van der Waals surface area (Å²) in [6.07, 6.45) is 0. The van der Waals surface area contributed by atoms with Crippen LogP contribution in [0.15, 0.2) is 36.4 Å². The number of aryl methyl sites for hydroxylation is 2. The number of ether oxygens (including phenoxy) is 3. The Hall–Kier alpha value is -2.20. The van der Waals surface area contributed by atoms with Crippen LogP contribution >= 0.6 is 0 Å². The van der Waals surface area contributed by atoms with E-state index in [9.17, 15) is 0 Å². The fourth-order valence-corrected chi connectivity index (χ4v) is 2.54. The minimum Gasteiger partial charge on any atom is -0.493 e. The first-order valence-corrected chi connectivity index (χ1v) is 8.34. The number of rotatable bonds is 9. The van der Waals surface area contributed by atoms with Gasteiger partial charge in [-0.25, -0.2) is 0 Å². The molecular formula is C20H27NO3. The number of hydrogen-bond acceptors (Lipinski definition) is 4. The molecule has 2 aromatic rings. The molecule has 0 amide bonds. The van der Waals surface area contributed by atoms with Crippen LogP contribution in [0.25, 0.3) is 0 Å². The number of hydrogen-bond donors (Lipinski definition) is 1. The van der Waals surface area contributed by atoms with Crippen LogP contribution < -0.4 is 19.5 Å². The van der Waals surface area contributed by atoms with Gasteiger partial charge in [0.25, 0.3) is 0 Å². The predicted molar refractivity (Wildman–Crippen MR) is 97.3 cm³/mol. The molecule has 0 aliphatic heterocycles. The van der Waals surface area contributed by atoms with Crippen molar-refractivity contribution in [2.24, 2.45) is 0 Å². The first-order chi connectivity index (χ1) is 11.6. The molecule has 0 heterocycles. The Balaban J connectivity index is 1.87. The summed E-state index contributed by atoms with van der Waals surface area (Å²) in [7, 11) is 1.66. The Bertz CT molecular complexity index is 635. The van der Waals surface area contributed by atoms with Crippen molar-refractivity contribution >= 4 is 0 Å². The van der Waals surface area contributed by atoms with E-state index in [4.69, 9.17) is 14.2 Å². The first-order valence-electron chi connectivity index (χ1n) is 8.34. The number of benzene rings is 2. The molecule has 0 saturated heterocycles. The summed E-state index contributed by atoms with van der Waals surface area (Å²) < 4.78 is 17.0. The second kappa shape index (κ2) is 9.18. The molecule has 0 fully saturated rings. The molecule has 0 radical (unpaired) electrons. The molecular weight excluding hydrogens is 302 g/mol. The molecule has 130 valence electrons. The van der Waals surface area contributed by atoms with E-state index in [1.165, 1.54) is 16.7 Å². The van der Waals surface area contributed by atoms with E-state index in [-0.39, 0.29) is 0 Å². The molecule has 0 saturated carbocycles. The van der Waals surface area contributed by atoms with Crippen molar-refractivity contribution in [3.05, 3.63) is 53.1 Å². The molecule has 0 aromatic heterocycles. The summed E-state index contributed by atoms with van der Waals surface area (Å²) in [6, 6.07) is 12.2. The quantitative estimate of drug-likeness (QED) is 0.709. The average Bonchev–Trinajstić information content (AvgIpc) is 2.56. The molecule has 0 spiro atoms. The van der Waals surface area contributed by atoms with Gasteiger partial charge in [0.1, 0.15) is 19.0 Å². The highest BCUT2D eigenvalue weighted by molar-refractivity contribution is 5.43. The predicted octanol–water partition coefficient (Wildman–Crippen LogP) is 3.88. The lowest BCUT2D eigenvalue weighted by molar-refractivity contribution is 0.211. The van der Waals surface area contributed by atoms with E-state index in [1.807, 2.05) is 30.3 Å². The summed E-state index contributed by atoms with van der Waals surface area (Å²) in [5, 5.41) is 3.30. The highest BCUT2D eigenvalue weighted by atomic mass is 16.5. The molecule has 0 atom stereocenters. The normalized spacial score (nSPS) is 10.5. The Kier molecular flexibility index (Phi) is 6.94. The van der Waals surface area contributed by atoms with Gasteiger partial charge in [0.15, 0.2) is 11.5 Å². The Morgan fingerprint density at radius 2 is 1.58 bits per heavy atom. The van der Waals surface area contributed by atoms with E-state index in [0.29, 0.717) is 13.2 Å². The van der Waals surface area contributed by atoms with E-state index < -0.39 is 0 Å². The zero-order valence-corrected chi connectivity index (χ0v) is 15.0. The van der Waals surface area contributed by atoms with E-state index in [2.05, 4.69) is 32.2 Å². The van der Waals surface area contributed by atoms with Gasteiger partial charge in [-0.3, -0.25) is 0 Å². The van der Waals surface area contributed by atoms with Gasteiger partial charge in [-0.2, -0.15) is 0 Å². The van der Waals surface area contributed by atoms with Gasteiger partial charge in [-0.1, -0.05) is 19.1 Å². The van der Waals surface area contributed by atoms with Crippen LogP contribution in [-0.4, -0.2) is 26.9 Å². The minimum absolute atomic E-state index is 0.468. The second-order valence-corrected chi connectivity index (χ2v) is 5.79. The zero-order chi connectivity index (χ0) is 17.4. The maximum absolute atomic E-state index is 5.80. The monoisotopic (exact) mass is 329 g/mol. The number of nitrogens with one attached hydrogen (secondary N) is 1. The molecule has 0 aliphatic carbocycles. The molecule has 4 nitrogen and oxygen atoms in total. The maximum atomic E-state index is 5.80. The molecule has 4 heteroatoms. The van der Waals surface area contributed by atoms with E-state index in [0.717, 1.165) is 30.3 Å². The highest BCUT2D eigenvalue weighted by Crippen LogP contribution is 2.28. The van der Waals surface area contributed by atoms with Crippen molar-refractivity contribution in [3.8, 4) is 17.2 Å². The van der Waals surface area contributed by atoms with Crippen molar-refractivity contribution < 1.29 is 14.2 Å². The van der Waals surface area contributed by atoms with Crippen LogP contribution in [0.4, 0.5) is 0 Å². The van der Waals surface area contributed by atoms with Crippen LogP contribution in [0.3, 0.4) is 0 Å². The van der Waals surface area contributed by atoms with E-state index in [1.54, 1.807) is 7.11 Å². The second-order valence-electron chi connectivity index (χ2n) is 5.79. The van der Waals surface area contributed by atoms with Crippen LogP contribution in [0.2, 0.25) is 0 Å². The SMILES string of the molecule is CCNCc1ccc(OCCOc2cc(C)cc(C)c2)c(OC)c1. The summed E-state index contributed by atoms with van der Waals surface area (Å²) >= 11 is 0. The van der Waals surface area contributed by atoms with Crippen molar-refractivity contribution in [2.75, 3.05) is 26.9 Å². The maximum Gasteiger partial charge on any atom is 0.161 e. The van der Waals surface area contributed by atoms with Crippen LogP contribution in [0.5, 0.6) is 17.2 Å². The fourth-order valence-electron chi connectivity index (χ4n) is 2.54. The fraction of sp³-hybridized carbons (Fsp3) is 0.400. The van der Waals surface area contributed by atoms with Crippen LogP contribution in [0.1, 0.15) is 23.6 Å². The summed E-state index contributed by atoms with van der Waals surface area (Å²) in [6.45, 7) is 8.94. The third kappa shape index (κ3) is 5.46. The third-order valence-corrected chi connectivity index (χ3v) is 3.61. The average molecular weight is 329 g/mol. The van der Waals surface area contributed by atoms with Crippen molar-refractivity contribution in [1.29, 1.82) is 0 Å². The lowest BCUT2D eigenvalue weighted by Gasteiger charge is -2.13. The van der Waals surface area contributed by atoms with Gasteiger partial charge in [0, 0.05) is 6.54 Å². The third-order valence-electron chi connectivity index (χ3n) is 3.61. The molecule has 0 unspecified atom stereocenters.